The van der Waals surface area contributed by atoms with Crippen LogP contribution < -0.4 is 0 Å². The molecular weight excluding hydrogens is 177 g/mol. The second kappa shape index (κ2) is 3.88. The van der Waals surface area contributed by atoms with Crippen molar-refractivity contribution in [1.29, 1.82) is 5.26 Å². The zero-order valence-corrected chi connectivity index (χ0v) is 10.2. The van der Waals surface area contributed by atoms with Crippen LogP contribution in [0.2, 0.25) is 0 Å². The average Bonchev–Trinajstić information content (AvgIpc) is 1.96. The number of alkyl halides is 1. The fraction of sp³-hybridized carbons (Fsp3) is 0.917. The number of nitrogens with zero attached hydrogens (tertiary/aromatic N) is 1. The standard InChI is InChI=1S/C12H22FN/c1-10(2,3)7-12(8-13,9-14)11(4,5)6/h7-8H2,1-6H3. The monoisotopic (exact) mass is 199 g/mol. The lowest BCUT2D eigenvalue weighted by atomic mass is 9.62. The van der Waals surface area contributed by atoms with Gasteiger partial charge in [-0.3, -0.25) is 0 Å². The highest BCUT2D eigenvalue weighted by molar-refractivity contribution is 5.07. The van der Waals surface area contributed by atoms with E-state index in [0.717, 1.165) is 0 Å². The highest BCUT2D eigenvalue weighted by atomic mass is 19.1. The van der Waals surface area contributed by atoms with E-state index in [-0.39, 0.29) is 10.8 Å². The fourth-order valence-corrected chi connectivity index (χ4v) is 1.66. The largest absolute Gasteiger partial charge is 0.249 e. The third-order valence-corrected chi connectivity index (χ3v) is 2.71. The van der Waals surface area contributed by atoms with E-state index >= 15 is 0 Å². The minimum absolute atomic E-state index is 0.0188. The maximum absolute atomic E-state index is 13.1. The lowest BCUT2D eigenvalue weighted by Gasteiger charge is -2.41. The number of halogens is 1. The number of hydrogen-bond donors (Lipinski definition) is 0. The molecule has 0 radical (unpaired) electrons. The molecular formula is C12H22FN. The topological polar surface area (TPSA) is 23.8 Å². The Hall–Kier alpha value is -0.580. The zero-order chi connectivity index (χ0) is 11.6. The SMILES string of the molecule is CC(C)(C)CC(C#N)(CF)C(C)(C)C. The van der Waals surface area contributed by atoms with Crippen molar-refractivity contribution in [2.75, 3.05) is 6.67 Å². The van der Waals surface area contributed by atoms with Crippen LogP contribution in [0, 0.1) is 27.6 Å². The Bertz CT molecular complexity index is 226. The van der Waals surface area contributed by atoms with Gasteiger partial charge in [0.05, 0.1) is 11.5 Å². The van der Waals surface area contributed by atoms with E-state index in [1.54, 1.807) is 0 Å². The van der Waals surface area contributed by atoms with E-state index in [2.05, 4.69) is 6.07 Å². The van der Waals surface area contributed by atoms with E-state index in [1.807, 2.05) is 41.5 Å². The molecule has 0 aliphatic heterocycles. The van der Waals surface area contributed by atoms with E-state index < -0.39 is 12.1 Å². The molecule has 0 aromatic heterocycles. The van der Waals surface area contributed by atoms with Gasteiger partial charge in [-0.05, 0) is 17.3 Å². The highest BCUT2D eigenvalue weighted by Crippen LogP contribution is 2.46. The predicted molar refractivity (Wildman–Crippen MR) is 57.5 cm³/mol. The summed E-state index contributed by atoms with van der Waals surface area (Å²) in [6, 6.07) is 2.19. The first-order valence-electron chi connectivity index (χ1n) is 5.05. The van der Waals surface area contributed by atoms with Crippen LogP contribution in [-0.2, 0) is 0 Å². The van der Waals surface area contributed by atoms with Crippen LogP contribution >= 0.6 is 0 Å². The normalized spacial score (nSPS) is 17.3. The van der Waals surface area contributed by atoms with Crippen LogP contribution in [0.1, 0.15) is 48.0 Å². The lowest BCUT2D eigenvalue weighted by molar-refractivity contribution is 0.0645. The third-order valence-electron chi connectivity index (χ3n) is 2.71. The minimum Gasteiger partial charge on any atom is -0.249 e. The van der Waals surface area contributed by atoms with Crippen LogP contribution in [-0.4, -0.2) is 6.67 Å². The van der Waals surface area contributed by atoms with E-state index in [1.165, 1.54) is 0 Å². The van der Waals surface area contributed by atoms with Crippen molar-refractivity contribution in [2.24, 2.45) is 16.2 Å². The number of nitriles is 1. The molecule has 0 spiro atoms. The van der Waals surface area contributed by atoms with Gasteiger partial charge in [0.15, 0.2) is 0 Å². The van der Waals surface area contributed by atoms with Crippen molar-refractivity contribution in [3.05, 3.63) is 0 Å². The summed E-state index contributed by atoms with van der Waals surface area (Å²) >= 11 is 0. The zero-order valence-electron chi connectivity index (χ0n) is 10.2. The fourth-order valence-electron chi connectivity index (χ4n) is 1.66. The Kier molecular flexibility index (Phi) is 3.72. The molecule has 0 saturated carbocycles. The first kappa shape index (κ1) is 13.4. The Morgan fingerprint density at radius 3 is 1.57 bits per heavy atom. The maximum Gasteiger partial charge on any atom is 0.109 e. The van der Waals surface area contributed by atoms with Gasteiger partial charge in [0, 0.05) is 0 Å². The van der Waals surface area contributed by atoms with Crippen LogP contribution in [0.3, 0.4) is 0 Å². The molecule has 0 aliphatic carbocycles. The molecule has 0 amide bonds. The van der Waals surface area contributed by atoms with E-state index in [4.69, 9.17) is 0 Å². The summed E-state index contributed by atoms with van der Waals surface area (Å²) in [7, 11) is 0. The average molecular weight is 199 g/mol. The maximum atomic E-state index is 13.1. The molecule has 0 rings (SSSR count). The smallest absolute Gasteiger partial charge is 0.109 e. The van der Waals surface area contributed by atoms with Gasteiger partial charge >= 0.3 is 0 Å². The first-order valence-corrected chi connectivity index (χ1v) is 5.05. The van der Waals surface area contributed by atoms with Gasteiger partial charge in [0.2, 0.25) is 0 Å². The molecule has 14 heavy (non-hydrogen) atoms. The van der Waals surface area contributed by atoms with Crippen LogP contribution in [0.4, 0.5) is 4.39 Å². The quantitative estimate of drug-likeness (QED) is 0.660. The van der Waals surface area contributed by atoms with Crippen molar-refractivity contribution in [3.63, 3.8) is 0 Å². The van der Waals surface area contributed by atoms with Crippen LogP contribution in [0.15, 0.2) is 0 Å². The molecule has 0 aliphatic rings. The van der Waals surface area contributed by atoms with Gasteiger partial charge in [-0.25, -0.2) is 4.39 Å². The molecule has 0 fully saturated rings. The predicted octanol–water partition coefficient (Wildman–Crippen LogP) is 3.95. The van der Waals surface area contributed by atoms with Gasteiger partial charge in [-0.2, -0.15) is 5.26 Å². The van der Waals surface area contributed by atoms with Crippen molar-refractivity contribution < 1.29 is 4.39 Å². The Morgan fingerprint density at radius 2 is 1.50 bits per heavy atom. The van der Waals surface area contributed by atoms with E-state index in [0.29, 0.717) is 6.42 Å². The van der Waals surface area contributed by atoms with Gasteiger partial charge in [-0.1, -0.05) is 41.5 Å². The van der Waals surface area contributed by atoms with Crippen molar-refractivity contribution >= 4 is 0 Å². The summed E-state index contributed by atoms with van der Waals surface area (Å²) in [6.45, 7) is 11.4. The van der Waals surface area contributed by atoms with E-state index in [9.17, 15) is 9.65 Å². The molecule has 1 nitrogen and oxygen atoms in total. The van der Waals surface area contributed by atoms with Crippen molar-refractivity contribution in [3.8, 4) is 6.07 Å². The Labute approximate surface area is 87.3 Å². The minimum atomic E-state index is -0.856. The van der Waals surface area contributed by atoms with Crippen molar-refractivity contribution in [2.45, 2.75) is 48.0 Å². The van der Waals surface area contributed by atoms with Crippen LogP contribution in [0.5, 0.6) is 0 Å². The summed E-state index contributed by atoms with van der Waals surface area (Å²) in [4.78, 5) is 0. The first-order chi connectivity index (χ1) is 6.08. The molecule has 82 valence electrons. The molecule has 0 bridgehead atoms. The summed E-state index contributed by atoms with van der Waals surface area (Å²) < 4.78 is 13.1. The lowest BCUT2D eigenvalue weighted by Crippen LogP contribution is -2.39. The number of rotatable bonds is 2. The Balaban J connectivity index is 5.04. The third kappa shape index (κ3) is 2.97. The van der Waals surface area contributed by atoms with Crippen molar-refractivity contribution in [1.82, 2.24) is 0 Å². The van der Waals surface area contributed by atoms with Gasteiger partial charge in [-0.15, -0.1) is 0 Å². The molecule has 0 heterocycles. The van der Waals surface area contributed by atoms with Crippen LogP contribution in [0.25, 0.3) is 0 Å². The molecule has 1 unspecified atom stereocenters. The summed E-state index contributed by atoms with van der Waals surface area (Å²) in [6.07, 6.45) is 0.594. The molecule has 0 saturated heterocycles. The Morgan fingerprint density at radius 1 is 1.07 bits per heavy atom. The van der Waals surface area contributed by atoms with Gasteiger partial charge in [0.1, 0.15) is 6.67 Å². The summed E-state index contributed by atoms with van der Waals surface area (Å²) in [5, 5.41) is 9.19. The van der Waals surface area contributed by atoms with Gasteiger partial charge < -0.3 is 0 Å². The summed E-state index contributed by atoms with van der Waals surface area (Å²) in [5.41, 5.74) is -1.19. The molecule has 1 atom stereocenters. The second-order valence-corrected chi connectivity index (χ2v) is 6.31. The summed E-state index contributed by atoms with van der Waals surface area (Å²) in [5.74, 6) is 0. The molecule has 0 aromatic rings. The second-order valence-electron chi connectivity index (χ2n) is 6.31. The number of hydrogen-bond acceptors (Lipinski definition) is 1. The molecule has 2 heteroatoms. The molecule has 0 N–H and O–H groups in total. The molecule has 0 aromatic carbocycles. The van der Waals surface area contributed by atoms with Gasteiger partial charge in [0.25, 0.3) is 0 Å². The highest BCUT2D eigenvalue weighted by Gasteiger charge is 2.45.